The number of ether oxygens (including phenoxy) is 1. The molecule has 1 saturated heterocycles. The van der Waals surface area contributed by atoms with Crippen LogP contribution in [0.3, 0.4) is 0 Å². The van der Waals surface area contributed by atoms with Gasteiger partial charge in [0, 0.05) is 18.0 Å². The Morgan fingerprint density at radius 3 is 2.88 bits per heavy atom. The molecule has 3 aromatic rings. The monoisotopic (exact) mass is 342 g/mol. The van der Waals surface area contributed by atoms with E-state index in [0.29, 0.717) is 19.8 Å². The number of carbonyl (C=O) groups excluding carboxylic acids is 1. The average Bonchev–Trinajstić information content (AvgIpc) is 3.26. The number of β-lactam (4-membered cyclic amide) rings is 1. The first kappa shape index (κ1) is 15.3. The van der Waals surface area contributed by atoms with E-state index in [9.17, 15) is 4.79 Å². The lowest BCUT2D eigenvalue weighted by Gasteiger charge is -2.46. The number of nitrogens with zero attached hydrogens (tertiary/aromatic N) is 4. The Bertz CT molecular complexity index is 845. The zero-order valence-corrected chi connectivity index (χ0v) is 14.1. The molecule has 4 rings (SSSR count). The quantitative estimate of drug-likeness (QED) is 0.510. The molecule has 6 nitrogen and oxygen atoms in total. The van der Waals surface area contributed by atoms with Crippen LogP contribution in [-0.4, -0.2) is 45.6 Å². The van der Waals surface area contributed by atoms with Gasteiger partial charge in [0.1, 0.15) is 5.52 Å². The van der Waals surface area contributed by atoms with Gasteiger partial charge in [0.2, 0.25) is 0 Å². The van der Waals surface area contributed by atoms with Crippen molar-refractivity contribution in [3.63, 3.8) is 0 Å². The van der Waals surface area contributed by atoms with Crippen LogP contribution in [0.2, 0.25) is 0 Å². The van der Waals surface area contributed by atoms with E-state index in [4.69, 9.17) is 4.74 Å². The van der Waals surface area contributed by atoms with Crippen molar-refractivity contribution in [2.45, 2.75) is 19.0 Å². The van der Waals surface area contributed by atoms with Crippen molar-refractivity contribution >= 4 is 28.3 Å². The summed E-state index contributed by atoms with van der Waals surface area (Å²) in [5, 5.41) is 10.5. The van der Waals surface area contributed by atoms with Gasteiger partial charge in [0.15, 0.2) is 6.04 Å². The number of thiophene rings is 1. The summed E-state index contributed by atoms with van der Waals surface area (Å²) in [5.74, 6) is 0.0729. The topological polar surface area (TPSA) is 60.2 Å². The molecule has 7 heteroatoms. The second kappa shape index (κ2) is 6.33. The highest BCUT2D eigenvalue weighted by Gasteiger charge is 2.50. The van der Waals surface area contributed by atoms with Gasteiger partial charge in [0.05, 0.1) is 18.2 Å². The van der Waals surface area contributed by atoms with Crippen LogP contribution in [0, 0.1) is 0 Å². The molecule has 124 valence electrons. The maximum atomic E-state index is 12.8. The number of hydrogen-bond acceptors (Lipinski definition) is 5. The van der Waals surface area contributed by atoms with Crippen molar-refractivity contribution in [3.05, 3.63) is 46.7 Å². The predicted molar refractivity (Wildman–Crippen MR) is 91.8 cm³/mol. The van der Waals surface area contributed by atoms with Crippen LogP contribution in [0.25, 0.3) is 11.0 Å². The largest absolute Gasteiger partial charge is 0.380 e. The summed E-state index contributed by atoms with van der Waals surface area (Å²) in [5.41, 5.74) is 1.70. The standard InChI is InChI=1S/C17H18N4O2S/c1-2-23-10-9-20-15(14-8-5-11-24-14)16(17(20)22)21-13-7-4-3-6-12(13)18-19-21/h3-8,11,15-16H,2,9-10H2,1H3. The minimum atomic E-state index is -0.335. The molecule has 0 bridgehead atoms. The van der Waals surface area contributed by atoms with E-state index in [1.54, 1.807) is 16.0 Å². The summed E-state index contributed by atoms with van der Waals surface area (Å²) < 4.78 is 7.19. The van der Waals surface area contributed by atoms with Crippen molar-refractivity contribution in [3.8, 4) is 0 Å². The molecule has 1 aliphatic heterocycles. The number of carbonyl (C=O) groups is 1. The molecule has 1 amide bonds. The van der Waals surface area contributed by atoms with Gasteiger partial charge in [-0.25, -0.2) is 4.68 Å². The van der Waals surface area contributed by atoms with Crippen molar-refractivity contribution in [2.24, 2.45) is 0 Å². The Balaban J connectivity index is 1.68. The lowest BCUT2D eigenvalue weighted by Crippen LogP contribution is -2.56. The predicted octanol–water partition coefficient (Wildman–Crippen LogP) is 2.65. The van der Waals surface area contributed by atoms with E-state index in [2.05, 4.69) is 16.4 Å². The number of rotatable bonds is 6. The number of fused-ring (bicyclic) bond motifs is 1. The fourth-order valence-electron chi connectivity index (χ4n) is 3.19. The van der Waals surface area contributed by atoms with Crippen LogP contribution in [0.4, 0.5) is 0 Å². The molecular formula is C17H18N4O2S. The molecular weight excluding hydrogens is 324 g/mol. The lowest BCUT2D eigenvalue weighted by atomic mass is 9.93. The molecule has 0 saturated carbocycles. The molecule has 24 heavy (non-hydrogen) atoms. The molecule has 2 atom stereocenters. The van der Waals surface area contributed by atoms with Gasteiger partial charge >= 0.3 is 0 Å². The highest BCUT2D eigenvalue weighted by atomic mass is 32.1. The molecule has 3 heterocycles. The van der Waals surface area contributed by atoms with Crippen LogP contribution in [0.1, 0.15) is 23.9 Å². The minimum absolute atomic E-state index is 0.0111. The molecule has 0 N–H and O–H groups in total. The third-order valence-electron chi connectivity index (χ3n) is 4.33. The summed E-state index contributed by atoms with van der Waals surface area (Å²) >= 11 is 1.66. The normalized spacial score (nSPS) is 20.5. The molecule has 0 spiro atoms. The number of hydrogen-bond donors (Lipinski definition) is 0. The smallest absolute Gasteiger partial charge is 0.250 e. The first-order valence-electron chi connectivity index (χ1n) is 8.03. The van der Waals surface area contributed by atoms with Crippen molar-refractivity contribution in [2.75, 3.05) is 19.8 Å². The molecule has 1 aromatic carbocycles. The van der Waals surface area contributed by atoms with Crippen molar-refractivity contribution < 1.29 is 9.53 Å². The van der Waals surface area contributed by atoms with Gasteiger partial charge in [-0.2, -0.15) is 0 Å². The van der Waals surface area contributed by atoms with E-state index in [1.165, 1.54) is 0 Å². The summed E-state index contributed by atoms with van der Waals surface area (Å²) in [6.07, 6.45) is 0. The van der Waals surface area contributed by atoms with E-state index in [1.807, 2.05) is 47.5 Å². The summed E-state index contributed by atoms with van der Waals surface area (Å²) in [7, 11) is 0. The third kappa shape index (κ3) is 2.40. The van der Waals surface area contributed by atoms with E-state index in [-0.39, 0.29) is 18.0 Å². The van der Waals surface area contributed by atoms with E-state index >= 15 is 0 Å². The Morgan fingerprint density at radius 2 is 2.08 bits per heavy atom. The second-order valence-electron chi connectivity index (χ2n) is 5.66. The van der Waals surface area contributed by atoms with Gasteiger partial charge in [-0.1, -0.05) is 23.4 Å². The van der Waals surface area contributed by atoms with Gasteiger partial charge in [-0.05, 0) is 30.5 Å². The maximum Gasteiger partial charge on any atom is 0.250 e. The van der Waals surface area contributed by atoms with Gasteiger partial charge in [-0.15, -0.1) is 16.4 Å². The molecule has 1 fully saturated rings. The Morgan fingerprint density at radius 1 is 1.21 bits per heavy atom. The first-order chi connectivity index (χ1) is 11.8. The Hall–Kier alpha value is -2.25. The summed E-state index contributed by atoms with van der Waals surface area (Å²) in [6.45, 7) is 3.76. The number of aromatic nitrogens is 3. The van der Waals surface area contributed by atoms with Gasteiger partial charge in [0.25, 0.3) is 5.91 Å². The second-order valence-corrected chi connectivity index (χ2v) is 6.64. The average molecular weight is 342 g/mol. The van der Waals surface area contributed by atoms with Crippen LogP contribution >= 0.6 is 11.3 Å². The highest BCUT2D eigenvalue weighted by molar-refractivity contribution is 7.10. The van der Waals surface area contributed by atoms with Crippen LogP contribution in [-0.2, 0) is 9.53 Å². The van der Waals surface area contributed by atoms with Crippen LogP contribution < -0.4 is 0 Å². The van der Waals surface area contributed by atoms with E-state index < -0.39 is 0 Å². The molecule has 0 radical (unpaired) electrons. The maximum absolute atomic E-state index is 12.8. The SMILES string of the molecule is CCOCCN1C(=O)C(n2nnc3ccccc32)C1c1cccs1. The molecule has 2 unspecified atom stereocenters. The first-order valence-corrected chi connectivity index (χ1v) is 8.90. The highest BCUT2D eigenvalue weighted by Crippen LogP contribution is 2.45. The van der Waals surface area contributed by atoms with Crippen LogP contribution in [0.5, 0.6) is 0 Å². The van der Waals surface area contributed by atoms with E-state index in [0.717, 1.165) is 15.9 Å². The Labute approximate surface area is 143 Å². The van der Waals surface area contributed by atoms with Gasteiger partial charge in [-0.3, -0.25) is 4.79 Å². The number of amides is 1. The van der Waals surface area contributed by atoms with Gasteiger partial charge < -0.3 is 9.64 Å². The zero-order chi connectivity index (χ0) is 16.5. The molecule has 0 aliphatic carbocycles. The lowest BCUT2D eigenvalue weighted by molar-refractivity contribution is -0.156. The van der Waals surface area contributed by atoms with Crippen molar-refractivity contribution in [1.82, 2.24) is 19.9 Å². The fraction of sp³-hybridized carbons (Fsp3) is 0.353. The van der Waals surface area contributed by atoms with Crippen LogP contribution in [0.15, 0.2) is 41.8 Å². The third-order valence-corrected chi connectivity index (χ3v) is 5.27. The fourth-order valence-corrected chi connectivity index (χ4v) is 4.05. The minimum Gasteiger partial charge on any atom is -0.380 e. The molecule has 2 aromatic heterocycles. The number of para-hydroxylation sites is 1. The number of benzene rings is 1. The zero-order valence-electron chi connectivity index (χ0n) is 13.3. The Kier molecular flexibility index (Phi) is 4.03. The molecule has 1 aliphatic rings. The number of likely N-dealkylation sites (tertiary alicyclic amines) is 1. The summed E-state index contributed by atoms with van der Waals surface area (Å²) in [4.78, 5) is 15.8. The van der Waals surface area contributed by atoms with Crippen molar-refractivity contribution in [1.29, 1.82) is 0 Å². The summed E-state index contributed by atoms with van der Waals surface area (Å²) in [6, 6.07) is 11.5.